The van der Waals surface area contributed by atoms with E-state index in [1.54, 1.807) is 0 Å². The number of carboxylic acids is 1. The highest BCUT2D eigenvalue weighted by atomic mass is 32.2. The number of hydrogen-bond acceptors (Lipinski definition) is 4. The normalized spacial score (nSPS) is 12.8. The molecule has 4 N–H and O–H groups in total. The zero-order valence-corrected chi connectivity index (χ0v) is 12.4. The van der Waals surface area contributed by atoms with Crippen molar-refractivity contribution in [2.45, 2.75) is 37.1 Å². The number of nitrogens with one attached hydrogen (secondary N) is 1. The number of nitrogens with two attached hydrogens (primary N) is 1. The Balaban J connectivity index is 2.93. The molecule has 1 atom stereocenters. The van der Waals surface area contributed by atoms with E-state index >= 15 is 0 Å². The van der Waals surface area contributed by atoms with Crippen LogP contribution in [0.1, 0.15) is 36.5 Å². The SMILES string of the molecule is CCCCC(NS(=O)(=O)c1ccc(C(N)=O)cc1)C(=O)O. The zero-order chi connectivity index (χ0) is 16.0. The van der Waals surface area contributed by atoms with Crippen molar-refractivity contribution in [3.05, 3.63) is 29.8 Å². The van der Waals surface area contributed by atoms with Crippen LogP contribution < -0.4 is 10.5 Å². The van der Waals surface area contributed by atoms with E-state index in [1.165, 1.54) is 24.3 Å². The molecule has 1 unspecified atom stereocenters. The van der Waals surface area contributed by atoms with Gasteiger partial charge in [0.05, 0.1) is 4.90 Å². The minimum Gasteiger partial charge on any atom is -0.480 e. The number of carbonyl (C=O) groups is 2. The van der Waals surface area contributed by atoms with Crippen LogP contribution >= 0.6 is 0 Å². The predicted octanol–water partition coefficient (Wildman–Crippen LogP) is 0.707. The van der Waals surface area contributed by atoms with Gasteiger partial charge in [0.2, 0.25) is 15.9 Å². The largest absolute Gasteiger partial charge is 0.480 e. The van der Waals surface area contributed by atoms with Crippen molar-refractivity contribution in [1.29, 1.82) is 0 Å². The number of carboxylic acid groups (broad SMARTS) is 1. The van der Waals surface area contributed by atoms with Gasteiger partial charge < -0.3 is 10.8 Å². The summed E-state index contributed by atoms with van der Waals surface area (Å²) >= 11 is 0. The summed E-state index contributed by atoms with van der Waals surface area (Å²) in [6.45, 7) is 1.88. The number of benzene rings is 1. The van der Waals surface area contributed by atoms with Crippen LogP contribution in [0.4, 0.5) is 0 Å². The third kappa shape index (κ3) is 4.83. The lowest BCUT2D eigenvalue weighted by molar-refractivity contribution is -0.139. The summed E-state index contributed by atoms with van der Waals surface area (Å²) < 4.78 is 26.4. The van der Waals surface area contributed by atoms with E-state index in [9.17, 15) is 18.0 Å². The molecule has 0 radical (unpaired) electrons. The first-order chi connectivity index (χ1) is 9.77. The second-order valence-corrected chi connectivity index (χ2v) is 6.26. The van der Waals surface area contributed by atoms with Crippen LogP contribution in [0.3, 0.4) is 0 Å². The highest BCUT2D eigenvalue weighted by molar-refractivity contribution is 7.89. The number of rotatable bonds is 8. The highest BCUT2D eigenvalue weighted by Crippen LogP contribution is 2.12. The molecular formula is C13H18N2O5S. The van der Waals surface area contributed by atoms with Crippen molar-refractivity contribution < 1.29 is 23.1 Å². The van der Waals surface area contributed by atoms with Crippen LogP contribution in [0, 0.1) is 0 Å². The van der Waals surface area contributed by atoms with Crippen molar-refractivity contribution in [3.8, 4) is 0 Å². The van der Waals surface area contributed by atoms with Crippen LogP contribution in [0.2, 0.25) is 0 Å². The summed E-state index contributed by atoms with van der Waals surface area (Å²) in [6, 6.07) is 3.80. The third-order valence-electron chi connectivity index (χ3n) is 2.89. The molecule has 1 amide bonds. The first-order valence-corrected chi connectivity index (χ1v) is 7.91. The molecule has 0 bridgehead atoms. The van der Waals surface area contributed by atoms with E-state index in [0.29, 0.717) is 6.42 Å². The van der Waals surface area contributed by atoms with Crippen LogP contribution in [0.15, 0.2) is 29.2 Å². The van der Waals surface area contributed by atoms with E-state index in [0.717, 1.165) is 6.42 Å². The Morgan fingerprint density at radius 1 is 1.29 bits per heavy atom. The molecule has 1 aromatic carbocycles. The fourth-order valence-electron chi connectivity index (χ4n) is 1.69. The molecule has 116 valence electrons. The third-order valence-corrected chi connectivity index (χ3v) is 4.38. The number of primary amides is 1. The number of sulfonamides is 1. The minimum atomic E-state index is -3.96. The molecule has 0 aromatic heterocycles. The molecule has 21 heavy (non-hydrogen) atoms. The molecule has 0 aliphatic heterocycles. The molecule has 0 saturated carbocycles. The smallest absolute Gasteiger partial charge is 0.321 e. The molecule has 7 nitrogen and oxygen atoms in total. The van der Waals surface area contributed by atoms with Gasteiger partial charge in [-0.05, 0) is 30.7 Å². The summed E-state index contributed by atoms with van der Waals surface area (Å²) in [5.41, 5.74) is 5.24. The second kappa shape index (κ2) is 7.19. The summed E-state index contributed by atoms with van der Waals surface area (Å²) in [5, 5.41) is 9.04. The van der Waals surface area contributed by atoms with Crippen LogP contribution in [0.5, 0.6) is 0 Å². The van der Waals surface area contributed by atoms with Gasteiger partial charge >= 0.3 is 5.97 Å². The number of hydrogen-bond donors (Lipinski definition) is 3. The summed E-state index contributed by atoms with van der Waals surface area (Å²) in [5.74, 6) is -1.89. The van der Waals surface area contributed by atoms with E-state index in [1.807, 2.05) is 6.92 Å². The second-order valence-electron chi connectivity index (χ2n) is 4.54. The Hall–Kier alpha value is -1.93. The molecule has 8 heteroatoms. The maximum atomic E-state index is 12.1. The summed E-state index contributed by atoms with van der Waals surface area (Å²) in [4.78, 5) is 21.9. The molecule has 0 spiro atoms. The first kappa shape index (κ1) is 17.1. The standard InChI is InChI=1S/C13H18N2O5S/c1-2-3-4-11(13(17)18)15-21(19,20)10-7-5-9(6-8-10)12(14)16/h5-8,11,15H,2-4H2,1H3,(H2,14,16)(H,17,18). The molecule has 0 aliphatic carbocycles. The van der Waals surface area contributed by atoms with Crippen LogP contribution in [-0.2, 0) is 14.8 Å². The fraction of sp³-hybridized carbons (Fsp3) is 0.385. The van der Waals surface area contributed by atoms with Crippen molar-refractivity contribution in [2.75, 3.05) is 0 Å². The molecule has 0 aliphatic rings. The van der Waals surface area contributed by atoms with E-state index in [-0.39, 0.29) is 16.9 Å². The fourth-order valence-corrected chi connectivity index (χ4v) is 2.92. The van der Waals surface area contributed by atoms with Crippen molar-refractivity contribution in [1.82, 2.24) is 4.72 Å². The van der Waals surface area contributed by atoms with Gasteiger partial charge in [-0.15, -0.1) is 0 Å². The Morgan fingerprint density at radius 2 is 1.86 bits per heavy atom. The van der Waals surface area contributed by atoms with Gasteiger partial charge in [-0.1, -0.05) is 19.8 Å². The monoisotopic (exact) mass is 314 g/mol. The molecule has 0 fully saturated rings. The van der Waals surface area contributed by atoms with Gasteiger partial charge in [-0.25, -0.2) is 8.42 Å². The molecular weight excluding hydrogens is 296 g/mol. The van der Waals surface area contributed by atoms with Gasteiger partial charge in [0.1, 0.15) is 6.04 Å². The lowest BCUT2D eigenvalue weighted by Crippen LogP contribution is -2.40. The minimum absolute atomic E-state index is 0.116. The molecule has 0 heterocycles. The van der Waals surface area contributed by atoms with Gasteiger partial charge in [0, 0.05) is 5.56 Å². The van der Waals surface area contributed by atoms with Crippen LogP contribution in [0.25, 0.3) is 0 Å². The summed E-state index contributed by atoms with van der Waals surface area (Å²) in [7, 11) is -3.96. The van der Waals surface area contributed by atoms with E-state index < -0.39 is 27.9 Å². The van der Waals surface area contributed by atoms with Crippen molar-refractivity contribution in [2.24, 2.45) is 5.73 Å². The maximum absolute atomic E-state index is 12.1. The zero-order valence-electron chi connectivity index (χ0n) is 11.6. The topological polar surface area (TPSA) is 127 Å². The van der Waals surface area contributed by atoms with Gasteiger partial charge in [-0.2, -0.15) is 4.72 Å². The molecule has 0 saturated heterocycles. The first-order valence-electron chi connectivity index (χ1n) is 6.43. The van der Waals surface area contributed by atoms with Crippen molar-refractivity contribution in [3.63, 3.8) is 0 Å². The number of unbranched alkanes of at least 4 members (excludes halogenated alkanes) is 1. The van der Waals surface area contributed by atoms with Gasteiger partial charge in [0.15, 0.2) is 0 Å². The molecule has 1 rings (SSSR count). The lowest BCUT2D eigenvalue weighted by atomic mass is 10.1. The van der Waals surface area contributed by atoms with E-state index in [2.05, 4.69) is 4.72 Å². The van der Waals surface area contributed by atoms with Gasteiger partial charge in [0.25, 0.3) is 0 Å². The van der Waals surface area contributed by atoms with Crippen molar-refractivity contribution >= 4 is 21.9 Å². The average Bonchev–Trinajstić information content (AvgIpc) is 2.43. The highest BCUT2D eigenvalue weighted by Gasteiger charge is 2.24. The Labute approximate surface area is 123 Å². The summed E-state index contributed by atoms with van der Waals surface area (Å²) in [6.07, 6.45) is 1.57. The molecule has 1 aromatic rings. The van der Waals surface area contributed by atoms with E-state index in [4.69, 9.17) is 10.8 Å². The van der Waals surface area contributed by atoms with Gasteiger partial charge in [-0.3, -0.25) is 9.59 Å². The number of carbonyl (C=O) groups excluding carboxylic acids is 1. The Morgan fingerprint density at radius 3 is 2.29 bits per heavy atom. The number of aliphatic carboxylic acids is 1. The Bertz CT molecular complexity index is 610. The number of amides is 1. The average molecular weight is 314 g/mol. The lowest BCUT2D eigenvalue weighted by Gasteiger charge is -2.14. The quantitative estimate of drug-likeness (QED) is 0.651. The van der Waals surface area contributed by atoms with Crippen LogP contribution in [-0.4, -0.2) is 31.4 Å². The maximum Gasteiger partial charge on any atom is 0.321 e. The predicted molar refractivity (Wildman–Crippen MR) is 76.2 cm³/mol. The Kier molecular flexibility index (Phi) is 5.86.